The second kappa shape index (κ2) is 5.66. The molecule has 1 aliphatic heterocycles. The summed E-state index contributed by atoms with van der Waals surface area (Å²) >= 11 is 0. The maximum Gasteiger partial charge on any atom is 0.301 e. The van der Waals surface area contributed by atoms with Crippen molar-refractivity contribution in [3.8, 4) is 11.5 Å². The van der Waals surface area contributed by atoms with Crippen molar-refractivity contribution in [2.45, 2.75) is 12.8 Å². The van der Waals surface area contributed by atoms with Crippen molar-refractivity contribution in [1.82, 2.24) is 4.31 Å². The van der Waals surface area contributed by atoms with Crippen LogP contribution in [0.2, 0.25) is 0 Å². The summed E-state index contributed by atoms with van der Waals surface area (Å²) in [5.74, 6) is 1.03. The molecule has 1 aromatic rings. The Bertz CT molecular complexity index is 539. The van der Waals surface area contributed by atoms with Crippen molar-refractivity contribution in [3.63, 3.8) is 0 Å². The van der Waals surface area contributed by atoms with Crippen molar-refractivity contribution in [3.05, 3.63) is 18.2 Å². The molecular formula is C12H18N2O4S. The van der Waals surface area contributed by atoms with Gasteiger partial charge in [0.1, 0.15) is 11.5 Å². The standard InChI is InChI=1S/C12H18N2O4S/c1-17-10-5-6-12(18-2)11(9-10)13-19(15,16)14-7-3-4-8-14/h5-6,9,13H,3-4,7-8H2,1-2H3. The largest absolute Gasteiger partial charge is 0.497 e. The van der Waals surface area contributed by atoms with Crippen LogP contribution in [0.15, 0.2) is 18.2 Å². The summed E-state index contributed by atoms with van der Waals surface area (Å²) in [4.78, 5) is 0. The van der Waals surface area contributed by atoms with Gasteiger partial charge in [0.05, 0.1) is 19.9 Å². The van der Waals surface area contributed by atoms with Gasteiger partial charge in [-0.15, -0.1) is 0 Å². The van der Waals surface area contributed by atoms with Crippen molar-refractivity contribution in [2.24, 2.45) is 0 Å². The van der Waals surface area contributed by atoms with Gasteiger partial charge in [-0.1, -0.05) is 0 Å². The number of ether oxygens (including phenoxy) is 2. The minimum absolute atomic E-state index is 0.383. The maximum atomic E-state index is 12.2. The highest BCUT2D eigenvalue weighted by Crippen LogP contribution is 2.30. The Kier molecular flexibility index (Phi) is 4.16. The Morgan fingerprint density at radius 1 is 1.16 bits per heavy atom. The zero-order chi connectivity index (χ0) is 13.9. The van der Waals surface area contributed by atoms with E-state index in [0.717, 1.165) is 12.8 Å². The highest BCUT2D eigenvalue weighted by molar-refractivity contribution is 7.90. The Balaban J connectivity index is 2.26. The lowest BCUT2D eigenvalue weighted by molar-refractivity contribution is 0.404. The summed E-state index contributed by atoms with van der Waals surface area (Å²) in [5, 5.41) is 0. The lowest BCUT2D eigenvalue weighted by Gasteiger charge is -2.18. The van der Waals surface area contributed by atoms with Gasteiger partial charge in [0, 0.05) is 19.2 Å². The van der Waals surface area contributed by atoms with E-state index < -0.39 is 10.2 Å². The zero-order valence-corrected chi connectivity index (χ0v) is 11.9. The minimum Gasteiger partial charge on any atom is -0.497 e. The summed E-state index contributed by atoms with van der Waals surface area (Å²) in [6.07, 6.45) is 1.80. The zero-order valence-electron chi connectivity index (χ0n) is 11.0. The van der Waals surface area contributed by atoms with Crippen LogP contribution >= 0.6 is 0 Å². The number of rotatable bonds is 5. The van der Waals surface area contributed by atoms with E-state index in [1.807, 2.05) is 0 Å². The van der Waals surface area contributed by atoms with Crippen molar-refractivity contribution in [2.75, 3.05) is 32.0 Å². The topological polar surface area (TPSA) is 67.9 Å². The van der Waals surface area contributed by atoms with E-state index in [-0.39, 0.29) is 0 Å². The average molecular weight is 286 g/mol. The fourth-order valence-electron chi connectivity index (χ4n) is 2.03. The second-order valence-corrected chi connectivity index (χ2v) is 5.95. The summed E-state index contributed by atoms with van der Waals surface area (Å²) in [7, 11) is -0.499. The first-order valence-electron chi connectivity index (χ1n) is 6.07. The van der Waals surface area contributed by atoms with Gasteiger partial charge in [0.25, 0.3) is 0 Å². The van der Waals surface area contributed by atoms with E-state index >= 15 is 0 Å². The molecule has 7 heteroatoms. The molecule has 6 nitrogen and oxygen atoms in total. The molecule has 0 saturated carbocycles. The number of benzene rings is 1. The molecule has 1 aliphatic rings. The molecule has 0 aromatic heterocycles. The van der Waals surface area contributed by atoms with Crippen LogP contribution in [-0.4, -0.2) is 40.0 Å². The minimum atomic E-state index is -3.52. The molecule has 1 N–H and O–H groups in total. The molecule has 0 bridgehead atoms. The number of nitrogens with zero attached hydrogens (tertiary/aromatic N) is 1. The molecule has 0 amide bonds. The molecule has 19 heavy (non-hydrogen) atoms. The lowest BCUT2D eigenvalue weighted by atomic mass is 10.3. The van der Waals surface area contributed by atoms with Gasteiger partial charge in [-0.2, -0.15) is 12.7 Å². The van der Waals surface area contributed by atoms with Crippen LogP contribution < -0.4 is 14.2 Å². The molecule has 1 heterocycles. The molecule has 1 fully saturated rings. The maximum absolute atomic E-state index is 12.2. The van der Waals surface area contributed by atoms with Crippen molar-refractivity contribution < 1.29 is 17.9 Å². The Morgan fingerprint density at radius 2 is 1.84 bits per heavy atom. The fourth-order valence-corrected chi connectivity index (χ4v) is 3.33. The number of hydrogen-bond acceptors (Lipinski definition) is 4. The van der Waals surface area contributed by atoms with Crippen LogP contribution in [0.1, 0.15) is 12.8 Å². The predicted molar refractivity (Wildman–Crippen MR) is 72.9 cm³/mol. The van der Waals surface area contributed by atoms with Crippen LogP contribution in [0.3, 0.4) is 0 Å². The van der Waals surface area contributed by atoms with Gasteiger partial charge in [-0.05, 0) is 25.0 Å². The molecule has 0 unspecified atom stereocenters. The lowest BCUT2D eigenvalue weighted by Crippen LogP contribution is -2.33. The van der Waals surface area contributed by atoms with E-state index in [0.29, 0.717) is 30.3 Å². The summed E-state index contributed by atoms with van der Waals surface area (Å²) in [6, 6.07) is 4.99. The molecule has 0 aliphatic carbocycles. The second-order valence-electron chi connectivity index (χ2n) is 4.28. The van der Waals surface area contributed by atoms with Gasteiger partial charge in [-0.25, -0.2) is 0 Å². The van der Waals surface area contributed by atoms with E-state index in [2.05, 4.69) is 4.72 Å². The van der Waals surface area contributed by atoms with Gasteiger partial charge in [-0.3, -0.25) is 4.72 Å². The van der Waals surface area contributed by atoms with Gasteiger partial charge >= 0.3 is 10.2 Å². The van der Waals surface area contributed by atoms with E-state index in [1.165, 1.54) is 18.5 Å². The quantitative estimate of drug-likeness (QED) is 0.889. The fraction of sp³-hybridized carbons (Fsp3) is 0.500. The third-order valence-corrected chi connectivity index (χ3v) is 4.57. The third-order valence-electron chi connectivity index (χ3n) is 3.05. The van der Waals surface area contributed by atoms with Crippen LogP contribution in [0.4, 0.5) is 5.69 Å². The van der Waals surface area contributed by atoms with Crippen LogP contribution in [-0.2, 0) is 10.2 Å². The van der Waals surface area contributed by atoms with Gasteiger partial charge < -0.3 is 9.47 Å². The van der Waals surface area contributed by atoms with Crippen LogP contribution in [0.5, 0.6) is 11.5 Å². The van der Waals surface area contributed by atoms with E-state index in [9.17, 15) is 8.42 Å². The number of methoxy groups -OCH3 is 2. The van der Waals surface area contributed by atoms with Gasteiger partial charge in [0.15, 0.2) is 0 Å². The van der Waals surface area contributed by atoms with Crippen LogP contribution in [0.25, 0.3) is 0 Å². The smallest absolute Gasteiger partial charge is 0.301 e. The van der Waals surface area contributed by atoms with Crippen molar-refractivity contribution in [1.29, 1.82) is 0 Å². The molecule has 0 spiro atoms. The number of anilines is 1. The third kappa shape index (κ3) is 3.10. The molecular weight excluding hydrogens is 268 g/mol. The summed E-state index contributed by atoms with van der Waals surface area (Å²) in [6.45, 7) is 1.11. The van der Waals surface area contributed by atoms with E-state index in [1.54, 1.807) is 18.2 Å². The predicted octanol–water partition coefficient (Wildman–Crippen LogP) is 1.46. The molecule has 106 valence electrons. The first-order chi connectivity index (χ1) is 9.06. The first-order valence-corrected chi connectivity index (χ1v) is 7.51. The molecule has 0 atom stereocenters. The number of nitrogens with one attached hydrogen (secondary N) is 1. The normalized spacial score (nSPS) is 16.3. The molecule has 0 radical (unpaired) electrons. The average Bonchev–Trinajstić information content (AvgIpc) is 2.93. The monoisotopic (exact) mass is 286 g/mol. The van der Waals surface area contributed by atoms with E-state index in [4.69, 9.17) is 9.47 Å². The molecule has 1 saturated heterocycles. The Hall–Kier alpha value is -1.47. The van der Waals surface area contributed by atoms with Crippen molar-refractivity contribution >= 4 is 15.9 Å². The number of hydrogen-bond donors (Lipinski definition) is 1. The summed E-state index contributed by atoms with van der Waals surface area (Å²) in [5.41, 5.74) is 0.383. The first kappa shape index (κ1) is 14.0. The Morgan fingerprint density at radius 3 is 2.42 bits per heavy atom. The SMILES string of the molecule is COc1ccc(OC)c(NS(=O)(=O)N2CCCC2)c1. The highest BCUT2D eigenvalue weighted by Gasteiger charge is 2.26. The van der Waals surface area contributed by atoms with Gasteiger partial charge in [0.2, 0.25) is 0 Å². The Labute approximate surface area is 113 Å². The van der Waals surface area contributed by atoms with Crippen LogP contribution in [0, 0.1) is 0 Å². The highest BCUT2D eigenvalue weighted by atomic mass is 32.2. The summed E-state index contributed by atoms with van der Waals surface area (Å²) < 4.78 is 38.6. The molecule has 1 aromatic carbocycles. The molecule has 2 rings (SSSR count).